The number of aliphatic hydroxyl groups is 1. The number of nitrogens with one attached hydrogen (secondary N) is 1. The van der Waals surface area contributed by atoms with Crippen LogP contribution in [0.2, 0.25) is 0 Å². The van der Waals surface area contributed by atoms with Crippen LogP contribution in [0, 0.1) is 28.1 Å². The number of hydrogen-bond donors (Lipinski definition) is 2. The van der Waals surface area contributed by atoms with Crippen LogP contribution in [0.3, 0.4) is 0 Å². The predicted molar refractivity (Wildman–Crippen MR) is 138 cm³/mol. The summed E-state index contributed by atoms with van der Waals surface area (Å²) in [5.74, 6) is 0.158. The number of alkyl halides is 3. The quantitative estimate of drug-likeness (QED) is 0.524. The second-order valence-corrected chi connectivity index (χ2v) is 11.5. The lowest BCUT2D eigenvalue weighted by Gasteiger charge is -2.63. The molecule has 4 rings (SSSR count). The van der Waals surface area contributed by atoms with Gasteiger partial charge in [-0.1, -0.05) is 27.7 Å². The highest BCUT2D eigenvalue weighted by Crippen LogP contribution is 2.55. The molecule has 0 aromatic heterocycles. The molecule has 0 radical (unpaired) electrons. The van der Waals surface area contributed by atoms with Crippen LogP contribution >= 0.6 is 0 Å². The minimum absolute atomic E-state index is 0.0332. The number of carbonyl (C=O) groups excluding carboxylic acids is 1. The van der Waals surface area contributed by atoms with Crippen LogP contribution in [0.25, 0.3) is 0 Å². The summed E-state index contributed by atoms with van der Waals surface area (Å²) in [4.78, 5) is 15.4. The predicted octanol–water partition coefficient (Wildman–Crippen LogP) is 5.40. The maximum absolute atomic E-state index is 13.4. The normalized spacial score (nSPS) is 22.8. The molecule has 1 saturated heterocycles. The summed E-state index contributed by atoms with van der Waals surface area (Å²) >= 11 is 0. The third-order valence-electron chi connectivity index (χ3n) is 8.15. The summed E-state index contributed by atoms with van der Waals surface area (Å²) in [6.07, 6.45) is -3.27. The van der Waals surface area contributed by atoms with Gasteiger partial charge in [0.05, 0.1) is 17.2 Å². The first-order valence-electron chi connectivity index (χ1n) is 12.8. The Morgan fingerprint density at radius 1 is 1.11 bits per heavy atom. The number of ether oxygens (including phenoxy) is 1. The Morgan fingerprint density at radius 3 is 2.24 bits per heavy atom. The molecule has 1 aliphatic heterocycles. The molecule has 0 atom stereocenters. The van der Waals surface area contributed by atoms with Crippen LogP contribution < -0.4 is 15.0 Å². The van der Waals surface area contributed by atoms with Gasteiger partial charge in [0.1, 0.15) is 11.9 Å². The van der Waals surface area contributed by atoms with Crippen LogP contribution in [-0.2, 0) is 6.18 Å². The fraction of sp³-hybridized carbons (Fsp3) is 0.517. The van der Waals surface area contributed by atoms with Crippen molar-refractivity contribution >= 4 is 11.6 Å². The van der Waals surface area contributed by atoms with Gasteiger partial charge in [0.15, 0.2) is 0 Å². The third kappa shape index (κ3) is 5.19. The first-order valence-corrected chi connectivity index (χ1v) is 12.8. The van der Waals surface area contributed by atoms with Gasteiger partial charge in [-0.25, -0.2) is 0 Å². The fourth-order valence-electron chi connectivity index (χ4n) is 6.28. The highest BCUT2D eigenvalue weighted by Gasteiger charge is 2.64. The number of anilines is 1. The molecular weight excluding hydrogens is 495 g/mol. The summed E-state index contributed by atoms with van der Waals surface area (Å²) in [6.45, 7) is 9.62. The number of benzene rings is 2. The van der Waals surface area contributed by atoms with Gasteiger partial charge >= 0.3 is 6.18 Å². The molecule has 6 nitrogen and oxygen atoms in total. The number of rotatable bonds is 6. The molecule has 1 heterocycles. The molecule has 1 aliphatic carbocycles. The molecule has 0 bridgehead atoms. The molecule has 38 heavy (non-hydrogen) atoms. The van der Waals surface area contributed by atoms with Crippen LogP contribution in [0.1, 0.15) is 62.0 Å². The van der Waals surface area contributed by atoms with Gasteiger partial charge in [-0.3, -0.25) is 4.79 Å². The highest BCUT2D eigenvalue weighted by atomic mass is 19.4. The van der Waals surface area contributed by atoms with E-state index in [9.17, 15) is 23.1 Å². The van der Waals surface area contributed by atoms with Crippen molar-refractivity contribution < 1.29 is 27.8 Å². The van der Waals surface area contributed by atoms with Gasteiger partial charge in [0.2, 0.25) is 0 Å². The molecule has 204 valence electrons. The van der Waals surface area contributed by atoms with Crippen molar-refractivity contribution in [2.75, 3.05) is 24.6 Å². The van der Waals surface area contributed by atoms with Crippen LogP contribution in [0.4, 0.5) is 18.9 Å². The van der Waals surface area contributed by atoms with E-state index in [1.165, 1.54) is 6.07 Å². The Morgan fingerprint density at radius 2 is 1.71 bits per heavy atom. The smallest absolute Gasteiger partial charge is 0.417 e. The van der Waals surface area contributed by atoms with Crippen LogP contribution in [-0.4, -0.2) is 42.9 Å². The number of nitriles is 1. The van der Waals surface area contributed by atoms with Crippen LogP contribution in [0.15, 0.2) is 42.5 Å². The summed E-state index contributed by atoms with van der Waals surface area (Å²) in [7, 11) is 0. The molecular formula is C29H34F3N3O3. The van der Waals surface area contributed by atoms with E-state index < -0.39 is 34.2 Å². The fourth-order valence-corrected chi connectivity index (χ4v) is 6.28. The number of piperidine rings is 1. The van der Waals surface area contributed by atoms with Gasteiger partial charge < -0.3 is 20.1 Å². The Balaban J connectivity index is 1.43. The summed E-state index contributed by atoms with van der Waals surface area (Å²) < 4.78 is 46.3. The maximum atomic E-state index is 13.4. The average Bonchev–Trinajstić information content (AvgIpc) is 2.89. The number of halogens is 3. The van der Waals surface area contributed by atoms with Gasteiger partial charge in [-0.15, -0.1) is 0 Å². The molecule has 9 heteroatoms. The van der Waals surface area contributed by atoms with Gasteiger partial charge in [-0.2, -0.15) is 18.4 Å². The Labute approximate surface area is 221 Å². The zero-order valence-corrected chi connectivity index (χ0v) is 22.1. The molecule has 1 amide bonds. The third-order valence-corrected chi connectivity index (χ3v) is 8.15. The second kappa shape index (κ2) is 10.1. The van der Waals surface area contributed by atoms with Crippen molar-refractivity contribution in [2.24, 2.45) is 16.7 Å². The van der Waals surface area contributed by atoms with E-state index >= 15 is 0 Å². The first-order chi connectivity index (χ1) is 17.8. The molecule has 2 aliphatic rings. The first kappa shape index (κ1) is 27.8. The molecule has 1 saturated carbocycles. The molecule has 2 aromatic rings. The SMILES string of the molecule is CC1(C)C(NC(=O)c2ccc(N3CCC(CO)CC3)cc2)C(C)(C)C1Oc1ccc(C#N)c(C(F)(F)F)c1. The lowest BCUT2D eigenvalue weighted by molar-refractivity contribution is -0.164. The van der Waals surface area contributed by atoms with E-state index in [2.05, 4.69) is 10.2 Å². The largest absolute Gasteiger partial charge is 0.489 e. The minimum atomic E-state index is -4.67. The lowest BCUT2D eigenvalue weighted by atomic mass is 9.49. The Bertz CT molecular complexity index is 1190. The summed E-state index contributed by atoms with van der Waals surface area (Å²) in [5, 5.41) is 21.5. The average molecular weight is 530 g/mol. The van der Waals surface area contributed by atoms with Crippen molar-refractivity contribution in [2.45, 2.75) is 58.9 Å². The van der Waals surface area contributed by atoms with Gasteiger partial charge in [0, 0.05) is 47.8 Å². The maximum Gasteiger partial charge on any atom is 0.417 e. The van der Waals surface area contributed by atoms with E-state index in [1.54, 1.807) is 18.2 Å². The van der Waals surface area contributed by atoms with E-state index in [4.69, 9.17) is 10.00 Å². The van der Waals surface area contributed by atoms with Gasteiger partial charge in [-0.05, 0) is 61.2 Å². The molecule has 2 aromatic carbocycles. The van der Waals surface area contributed by atoms with Crippen molar-refractivity contribution in [3.8, 4) is 11.8 Å². The van der Waals surface area contributed by atoms with Crippen molar-refractivity contribution in [3.63, 3.8) is 0 Å². The van der Waals surface area contributed by atoms with Crippen molar-refractivity contribution in [1.29, 1.82) is 5.26 Å². The number of aliphatic hydroxyl groups excluding tert-OH is 1. The van der Waals surface area contributed by atoms with E-state index in [-0.39, 0.29) is 24.3 Å². The Kier molecular flexibility index (Phi) is 7.41. The molecule has 0 unspecified atom stereocenters. The van der Waals surface area contributed by atoms with E-state index in [0.717, 1.165) is 43.8 Å². The minimum Gasteiger partial charge on any atom is -0.489 e. The number of hydrogen-bond acceptors (Lipinski definition) is 5. The molecule has 2 N–H and O–H groups in total. The van der Waals surface area contributed by atoms with Crippen molar-refractivity contribution in [3.05, 3.63) is 59.2 Å². The number of nitrogens with zero attached hydrogens (tertiary/aromatic N) is 2. The second-order valence-electron chi connectivity index (χ2n) is 11.5. The van der Waals surface area contributed by atoms with Gasteiger partial charge in [0.25, 0.3) is 5.91 Å². The topological polar surface area (TPSA) is 85.6 Å². The molecule has 0 spiro atoms. The number of amides is 1. The number of carbonyl (C=O) groups is 1. The zero-order valence-electron chi connectivity index (χ0n) is 22.1. The van der Waals surface area contributed by atoms with Crippen LogP contribution in [0.5, 0.6) is 5.75 Å². The standard InChI is InChI=1S/C29H34F3N3O3/c1-27(2)25(28(3,4)26(27)38-22-10-7-20(16-33)23(15-22)29(30,31)32)34-24(37)19-5-8-21(9-6-19)35-13-11-18(17-36)12-14-35/h5-10,15,18,25-26,36H,11-14,17H2,1-4H3,(H,34,37). The summed E-state index contributed by atoms with van der Waals surface area (Å²) in [6, 6.07) is 12.1. The van der Waals surface area contributed by atoms with Crippen molar-refractivity contribution in [1.82, 2.24) is 5.32 Å². The lowest BCUT2D eigenvalue weighted by Crippen LogP contribution is -2.74. The highest BCUT2D eigenvalue weighted by molar-refractivity contribution is 5.95. The Hall–Kier alpha value is -3.25. The van der Waals surface area contributed by atoms with E-state index in [1.807, 2.05) is 39.8 Å². The monoisotopic (exact) mass is 529 g/mol. The zero-order chi connectivity index (χ0) is 27.9. The van der Waals surface area contributed by atoms with E-state index in [0.29, 0.717) is 11.5 Å². The molecule has 2 fully saturated rings. The summed E-state index contributed by atoms with van der Waals surface area (Å²) in [5.41, 5.74) is -1.06.